The van der Waals surface area contributed by atoms with Crippen molar-refractivity contribution in [1.29, 1.82) is 0 Å². The molecule has 3 heteroatoms. The monoisotopic (exact) mass is 229 g/mol. The Morgan fingerprint density at radius 1 is 1.19 bits per heavy atom. The summed E-state index contributed by atoms with van der Waals surface area (Å²) in [6.07, 6.45) is 5.51. The fourth-order valence-corrected chi connectivity index (χ4v) is 1.80. The molecule has 0 aromatic heterocycles. The Hall–Kier alpha value is -0.570. The number of carbonyl (C=O) groups excluding carboxylic acids is 1. The molecule has 0 N–H and O–H groups in total. The number of ether oxygens (including phenoxy) is 1. The topological polar surface area (TPSA) is 29.5 Å². The highest BCUT2D eigenvalue weighted by molar-refractivity contribution is 5.75. The minimum absolute atomic E-state index is 0.0539. The van der Waals surface area contributed by atoms with Crippen LogP contribution in [0.15, 0.2) is 0 Å². The van der Waals surface area contributed by atoms with Crippen LogP contribution in [-0.2, 0) is 9.53 Å². The van der Waals surface area contributed by atoms with Crippen molar-refractivity contribution < 1.29 is 9.53 Å². The lowest BCUT2D eigenvalue weighted by molar-refractivity contribution is -0.149. The predicted molar refractivity (Wildman–Crippen MR) is 67.5 cm³/mol. The quantitative estimate of drug-likeness (QED) is 0.450. The van der Waals surface area contributed by atoms with Crippen LogP contribution in [0.1, 0.15) is 52.9 Å². The Kier molecular flexibility index (Phi) is 9.30. The predicted octanol–water partition coefficient (Wildman–Crippen LogP) is 2.84. The Morgan fingerprint density at radius 2 is 1.88 bits per heavy atom. The van der Waals surface area contributed by atoms with Gasteiger partial charge in [-0.3, -0.25) is 9.69 Å². The van der Waals surface area contributed by atoms with Crippen LogP contribution in [0.2, 0.25) is 0 Å². The third kappa shape index (κ3) is 6.11. The van der Waals surface area contributed by atoms with E-state index in [0.717, 1.165) is 25.8 Å². The highest BCUT2D eigenvalue weighted by atomic mass is 16.5. The van der Waals surface area contributed by atoms with Gasteiger partial charge in [0.15, 0.2) is 0 Å². The smallest absolute Gasteiger partial charge is 0.323 e. The van der Waals surface area contributed by atoms with Crippen LogP contribution in [0.5, 0.6) is 0 Å². The van der Waals surface area contributed by atoms with E-state index < -0.39 is 0 Å². The molecule has 0 aromatic carbocycles. The second-order valence-electron chi connectivity index (χ2n) is 4.24. The molecule has 96 valence electrons. The molecule has 0 bridgehead atoms. The van der Waals surface area contributed by atoms with Gasteiger partial charge in [0.2, 0.25) is 0 Å². The van der Waals surface area contributed by atoms with Crippen LogP contribution >= 0.6 is 0 Å². The van der Waals surface area contributed by atoms with Crippen molar-refractivity contribution in [3.63, 3.8) is 0 Å². The van der Waals surface area contributed by atoms with E-state index in [-0.39, 0.29) is 12.0 Å². The first kappa shape index (κ1) is 15.4. The van der Waals surface area contributed by atoms with E-state index in [4.69, 9.17) is 4.74 Å². The Morgan fingerprint density at radius 3 is 2.38 bits per heavy atom. The summed E-state index contributed by atoms with van der Waals surface area (Å²) in [5, 5.41) is 0. The number of hydrogen-bond donors (Lipinski definition) is 0. The molecular weight excluding hydrogens is 202 g/mol. The molecule has 0 aliphatic heterocycles. The highest BCUT2D eigenvalue weighted by Gasteiger charge is 2.22. The molecule has 0 heterocycles. The molecule has 1 atom stereocenters. The molecule has 0 rings (SSSR count). The van der Waals surface area contributed by atoms with Gasteiger partial charge in [0.05, 0.1) is 6.61 Å². The number of likely N-dealkylation sites (N-methyl/N-ethyl adjacent to an activating group) is 1. The summed E-state index contributed by atoms with van der Waals surface area (Å²) in [6.45, 7) is 7.61. The fourth-order valence-electron chi connectivity index (χ4n) is 1.80. The number of unbranched alkanes of at least 4 members (excludes halogenated alkanes) is 2. The Labute approximate surface area is 100 Å². The Bertz CT molecular complexity index is 183. The van der Waals surface area contributed by atoms with E-state index in [1.165, 1.54) is 12.8 Å². The lowest BCUT2D eigenvalue weighted by atomic mass is 10.1. The summed E-state index contributed by atoms with van der Waals surface area (Å²) >= 11 is 0. The molecule has 0 radical (unpaired) electrons. The van der Waals surface area contributed by atoms with Crippen LogP contribution in [-0.4, -0.2) is 37.1 Å². The third-order valence-corrected chi connectivity index (χ3v) is 2.77. The lowest BCUT2D eigenvalue weighted by Gasteiger charge is -2.25. The van der Waals surface area contributed by atoms with E-state index in [9.17, 15) is 4.79 Å². The highest BCUT2D eigenvalue weighted by Crippen LogP contribution is 2.09. The van der Waals surface area contributed by atoms with Gasteiger partial charge in [0.25, 0.3) is 0 Å². The number of carbonyl (C=O) groups is 1. The molecule has 0 aliphatic carbocycles. The first-order valence-electron chi connectivity index (χ1n) is 6.54. The number of nitrogens with zero attached hydrogens (tertiary/aromatic N) is 1. The fraction of sp³-hybridized carbons (Fsp3) is 0.923. The SMILES string of the molecule is CCCCCN(C)C(CCC)C(=O)OCC. The molecule has 0 fully saturated rings. The number of hydrogen-bond acceptors (Lipinski definition) is 3. The van der Waals surface area contributed by atoms with Crippen molar-refractivity contribution in [3.8, 4) is 0 Å². The van der Waals surface area contributed by atoms with Crippen LogP contribution in [0, 0.1) is 0 Å². The molecule has 16 heavy (non-hydrogen) atoms. The summed E-state index contributed by atoms with van der Waals surface area (Å²) < 4.78 is 5.10. The molecular formula is C13H27NO2. The van der Waals surface area contributed by atoms with E-state index in [2.05, 4.69) is 18.7 Å². The number of esters is 1. The average Bonchev–Trinajstić information content (AvgIpc) is 2.26. The zero-order valence-corrected chi connectivity index (χ0v) is 11.3. The minimum atomic E-state index is -0.0663. The first-order valence-corrected chi connectivity index (χ1v) is 6.54. The average molecular weight is 229 g/mol. The van der Waals surface area contributed by atoms with Gasteiger partial charge in [-0.1, -0.05) is 33.1 Å². The van der Waals surface area contributed by atoms with E-state index in [1.54, 1.807) is 0 Å². The minimum Gasteiger partial charge on any atom is -0.465 e. The maximum atomic E-state index is 11.7. The molecule has 0 aromatic rings. The van der Waals surface area contributed by atoms with E-state index in [1.807, 2.05) is 14.0 Å². The molecule has 3 nitrogen and oxygen atoms in total. The first-order chi connectivity index (χ1) is 7.67. The molecule has 1 unspecified atom stereocenters. The van der Waals surface area contributed by atoms with Crippen molar-refractivity contribution in [2.45, 2.75) is 58.9 Å². The van der Waals surface area contributed by atoms with Crippen molar-refractivity contribution in [1.82, 2.24) is 4.90 Å². The second kappa shape index (κ2) is 9.64. The second-order valence-corrected chi connectivity index (χ2v) is 4.24. The van der Waals surface area contributed by atoms with Crippen LogP contribution in [0.4, 0.5) is 0 Å². The van der Waals surface area contributed by atoms with Crippen LogP contribution < -0.4 is 0 Å². The third-order valence-electron chi connectivity index (χ3n) is 2.77. The molecule has 0 aliphatic rings. The van der Waals surface area contributed by atoms with Crippen molar-refractivity contribution in [3.05, 3.63) is 0 Å². The largest absolute Gasteiger partial charge is 0.465 e. The van der Waals surface area contributed by atoms with Gasteiger partial charge in [-0.05, 0) is 33.4 Å². The van der Waals surface area contributed by atoms with Crippen LogP contribution in [0.3, 0.4) is 0 Å². The van der Waals surface area contributed by atoms with Crippen molar-refractivity contribution in [2.24, 2.45) is 0 Å². The molecule has 0 spiro atoms. The van der Waals surface area contributed by atoms with Crippen molar-refractivity contribution in [2.75, 3.05) is 20.2 Å². The number of rotatable bonds is 9. The van der Waals surface area contributed by atoms with Gasteiger partial charge >= 0.3 is 5.97 Å². The summed E-state index contributed by atoms with van der Waals surface area (Å²) in [5.74, 6) is -0.0663. The Balaban J connectivity index is 4.11. The van der Waals surface area contributed by atoms with Gasteiger partial charge in [-0.2, -0.15) is 0 Å². The van der Waals surface area contributed by atoms with Gasteiger partial charge in [-0.25, -0.2) is 0 Å². The maximum Gasteiger partial charge on any atom is 0.323 e. The van der Waals surface area contributed by atoms with E-state index >= 15 is 0 Å². The standard InChI is InChI=1S/C13H27NO2/c1-5-8-9-11-14(4)12(10-6-2)13(15)16-7-3/h12H,5-11H2,1-4H3. The van der Waals surface area contributed by atoms with Crippen molar-refractivity contribution >= 4 is 5.97 Å². The van der Waals surface area contributed by atoms with Crippen LogP contribution in [0.25, 0.3) is 0 Å². The van der Waals surface area contributed by atoms with Gasteiger partial charge in [0.1, 0.15) is 6.04 Å². The summed E-state index contributed by atoms with van der Waals surface area (Å²) in [4.78, 5) is 13.9. The molecule has 0 saturated carbocycles. The zero-order chi connectivity index (χ0) is 12.4. The summed E-state index contributed by atoms with van der Waals surface area (Å²) in [6, 6.07) is -0.0539. The summed E-state index contributed by atoms with van der Waals surface area (Å²) in [7, 11) is 2.02. The van der Waals surface area contributed by atoms with Gasteiger partial charge in [-0.15, -0.1) is 0 Å². The zero-order valence-electron chi connectivity index (χ0n) is 11.3. The normalized spacial score (nSPS) is 12.8. The van der Waals surface area contributed by atoms with Gasteiger partial charge < -0.3 is 4.74 Å². The van der Waals surface area contributed by atoms with Gasteiger partial charge in [0, 0.05) is 0 Å². The maximum absolute atomic E-state index is 11.7. The molecule has 0 saturated heterocycles. The van der Waals surface area contributed by atoms with E-state index in [0.29, 0.717) is 6.61 Å². The molecule has 0 amide bonds. The summed E-state index contributed by atoms with van der Waals surface area (Å²) in [5.41, 5.74) is 0. The lowest BCUT2D eigenvalue weighted by Crippen LogP contribution is -2.40.